The van der Waals surface area contributed by atoms with E-state index in [2.05, 4.69) is 5.32 Å². The van der Waals surface area contributed by atoms with Crippen LogP contribution >= 0.6 is 0 Å². The maximum absolute atomic E-state index is 13.0. The number of nitrogens with one attached hydrogen (secondary N) is 1. The lowest BCUT2D eigenvalue weighted by Crippen LogP contribution is -2.32. The van der Waals surface area contributed by atoms with Crippen LogP contribution in [0.3, 0.4) is 0 Å². The zero-order valence-corrected chi connectivity index (χ0v) is 15.3. The van der Waals surface area contributed by atoms with Gasteiger partial charge in [-0.25, -0.2) is 4.79 Å². The molecule has 2 aromatic carbocycles. The molecule has 0 aromatic heterocycles. The van der Waals surface area contributed by atoms with E-state index in [0.717, 1.165) is 10.5 Å². The molecule has 1 heterocycles. The second-order valence-electron chi connectivity index (χ2n) is 6.27. The van der Waals surface area contributed by atoms with Crippen LogP contribution < -0.4 is 10.1 Å². The fraction of sp³-hybridized carbons (Fsp3) is 0.250. The molecule has 1 N–H and O–H groups in total. The van der Waals surface area contributed by atoms with Gasteiger partial charge in [-0.3, -0.25) is 14.5 Å². The number of para-hydroxylation sites is 1. The molecule has 0 spiro atoms. The molecule has 0 bridgehead atoms. The van der Waals surface area contributed by atoms with Crippen LogP contribution in [0.25, 0.3) is 0 Å². The van der Waals surface area contributed by atoms with E-state index in [1.54, 1.807) is 43.3 Å². The van der Waals surface area contributed by atoms with Crippen molar-refractivity contribution in [1.29, 1.82) is 0 Å². The van der Waals surface area contributed by atoms with Gasteiger partial charge in [0.2, 0.25) is 5.91 Å². The monoisotopic (exact) mass is 367 g/mol. The maximum atomic E-state index is 13.0. The number of benzene rings is 2. The molecule has 0 unspecified atom stereocenters. The van der Waals surface area contributed by atoms with Crippen LogP contribution in [0.5, 0.6) is 5.75 Å². The molecule has 0 radical (unpaired) electrons. The summed E-state index contributed by atoms with van der Waals surface area (Å²) in [7, 11) is 3.30. The fourth-order valence-electron chi connectivity index (χ4n) is 3.02. The smallest absolute Gasteiger partial charge is 0.324 e. The number of amides is 4. The minimum absolute atomic E-state index is 0.0113. The first-order valence-corrected chi connectivity index (χ1v) is 8.54. The van der Waals surface area contributed by atoms with Gasteiger partial charge in [0.1, 0.15) is 5.75 Å². The zero-order chi connectivity index (χ0) is 19.4. The third kappa shape index (κ3) is 3.92. The highest BCUT2D eigenvalue weighted by Gasteiger charge is 2.29. The van der Waals surface area contributed by atoms with E-state index in [9.17, 15) is 14.4 Å². The van der Waals surface area contributed by atoms with Crippen molar-refractivity contribution in [2.75, 3.05) is 20.7 Å². The standard InChI is InChI=1S/C20H21N3O4/c1-22(12-15-8-4-6-10-17(15)27-2)19(25)16-9-5-3-7-14(16)13-23-18(24)11-21-20(23)26/h3-10H,11-13H2,1-2H3,(H,21,26). The van der Waals surface area contributed by atoms with Gasteiger partial charge in [0.05, 0.1) is 20.2 Å². The Labute approximate surface area is 157 Å². The van der Waals surface area contributed by atoms with Crippen molar-refractivity contribution >= 4 is 17.8 Å². The van der Waals surface area contributed by atoms with Gasteiger partial charge in [-0.2, -0.15) is 0 Å². The van der Waals surface area contributed by atoms with E-state index in [0.29, 0.717) is 23.4 Å². The summed E-state index contributed by atoms with van der Waals surface area (Å²) in [6.07, 6.45) is 0. The molecule has 140 valence electrons. The van der Waals surface area contributed by atoms with Crippen LogP contribution in [0.15, 0.2) is 48.5 Å². The Morgan fingerprint density at radius 3 is 2.44 bits per heavy atom. The fourth-order valence-corrected chi connectivity index (χ4v) is 3.02. The highest BCUT2D eigenvalue weighted by Crippen LogP contribution is 2.21. The summed E-state index contributed by atoms with van der Waals surface area (Å²) < 4.78 is 5.34. The van der Waals surface area contributed by atoms with Crippen molar-refractivity contribution in [3.8, 4) is 5.75 Å². The highest BCUT2D eigenvalue weighted by molar-refractivity contribution is 6.02. The van der Waals surface area contributed by atoms with Crippen molar-refractivity contribution in [2.45, 2.75) is 13.1 Å². The summed E-state index contributed by atoms with van der Waals surface area (Å²) in [5, 5.41) is 2.48. The van der Waals surface area contributed by atoms with Crippen molar-refractivity contribution in [3.05, 3.63) is 65.2 Å². The Bertz CT molecular complexity index is 865. The lowest BCUT2D eigenvalue weighted by atomic mass is 10.1. The van der Waals surface area contributed by atoms with Crippen molar-refractivity contribution in [2.24, 2.45) is 0 Å². The van der Waals surface area contributed by atoms with Gasteiger partial charge in [0, 0.05) is 24.7 Å². The molecule has 0 aliphatic carbocycles. The highest BCUT2D eigenvalue weighted by atomic mass is 16.5. The molecular weight excluding hydrogens is 346 g/mol. The lowest BCUT2D eigenvalue weighted by Gasteiger charge is -2.21. The van der Waals surface area contributed by atoms with E-state index < -0.39 is 6.03 Å². The molecule has 0 saturated carbocycles. The van der Waals surface area contributed by atoms with Gasteiger partial charge in [-0.15, -0.1) is 0 Å². The number of nitrogens with zero attached hydrogens (tertiary/aromatic N) is 2. The normalized spacial score (nSPS) is 13.5. The number of rotatable bonds is 6. The molecule has 1 saturated heterocycles. The first-order valence-electron chi connectivity index (χ1n) is 8.54. The Kier molecular flexibility index (Phi) is 5.40. The quantitative estimate of drug-likeness (QED) is 0.793. The zero-order valence-electron chi connectivity index (χ0n) is 15.3. The summed E-state index contributed by atoms with van der Waals surface area (Å²) >= 11 is 0. The van der Waals surface area contributed by atoms with Crippen LogP contribution in [0.4, 0.5) is 4.79 Å². The molecule has 1 aliphatic heterocycles. The van der Waals surface area contributed by atoms with Gasteiger partial charge < -0.3 is 15.0 Å². The van der Waals surface area contributed by atoms with E-state index in [4.69, 9.17) is 4.74 Å². The molecule has 2 aromatic rings. The summed E-state index contributed by atoms with van der Waals surface area (Å²) in [6, 6.07) is 14.1. The van der Waals surface area contributed by atoms with Crippen LogP contribution in [0.2, 0.25) is 0 Å². The average Bonchev–Trinajstić information content (AvgIpc) is 3.00. The van der Waals surface area contributed by atoms with Gasteiger partial charge in [0.15, 0.2) is 0 Å². The summed E-state index contributed by atoms with van der Waals surface area (Å²) in [6.45, 7) is 0.429. The molecule has 3 rings (SSSR count). The van der Waals surface area contributed by atoms with Gasteiger partial charge in [0.25, 0.3) is 5.91 Å². The van der Waals surface area contributed by atoms with Crippen LogP contribution in [0.1, 0.15) is 21.5 Å². The SMILES string of the molecule is COc1ccccc1CN(C)C(=O)c1ccccc1CN1C(=O)CNC1=O. The number of carbonyl (C=O) groups excluding carboxylic acids is 3. The number of imide groups is 1. The van der Waals surface area contributed by atoms with E-state index in [1.807, 2.05) is 24.3 Å². The minimum atomic E-state index is -0.440. The first-order chi connectivity index (χ1) is 13.0. The molecule has 1 aliphatic rings. The number of ether oxygens (including phenoxy) is 1. The predicted molar refractivity (Wildman–Crippen MR) is 99.2 cm³/mol. The Balaban J connectivity index is 1.80. The first kappa shape index (κ1) is 18.4. The summed E-state index contributed by atoms with van der Waals surface area (Å²) in [5.74, 6) is 0.220. The largest absolute Gasteiger partial charge is 0.496 e. The molecular formula is C20H21N3O4. The van der Waals surface area contributed by atoms with Crippen molar-refractivity contribution in [3.63, 3.8) is 0 Å². The molecule has 0 atom stereocenters. The van der Waals surface area contributed by atoms with Gasteiger partial charge >= 0.3 is 6.03 Å². The average molecular weight is 367 g/mol. The molecule has 4 amide bonds. The summed E-state index contributed by atoms with van der Waals surface area (Å²) in [5.41, 5.74) is 1.98. The Morgan fingerprint density at radius 2 is 1.78 bits per heavy atom. The second-order valence-corrected chi connectivity index (χ2v) is 6.27. The third-order valence-electron chi connectivity index (χ3n) is 4.46. The number of methoxy groups -OCH3 is 1. The predicted octanol–water partition coefficient (Wildman–Crippen LogP) is 2.02. The number of carbonyl (C=O) groups is 3. The number of hydrogen-bond acceptors (Lipinski definition) is 4. The number of hydrogen-bond donors (Lipinski definition) is 1. The Hall–Kier alpha value is -3.35. The van der Waals surface area contributed by atoms with E-state index in [-0.39, 0.29) is 24.9 Å². The Morgan fingerprint density at radius 1 is 1.11 bits per heavy atom. The number of urea groups is 1. The topological polar surface area (TPSA) is 79.0 Å². The van der Waals surface area contributed by atoms with Gasteiger partial charge in [-0.05, 0) is 17.7 Å². The second kappa shape index (κ2) is 7.90. The molecule has 27 heavy (non-hydrogen) atoms. The van der Waals surface area contributed by atoms with Crippen molar-refractivity contribution in [1.82, 2.24) is 15.1 Å². The molecule has 1 fully saturated rings. The lowest BCUT2D eigenvalue weighted by molar-refractivity contribution is -0.125. The molecule has 7 heteroatoms. The van der Waals surface area contributed by atoms with Crippen LogP contribution in [0, 0.1) is 0 Å². The third-order valence-corrected chi connectivity index (χ3v) is 4.46. The summed E-state index contributed by atoms with van der Waals surface area (Å²) in [4.78, 5) is 39.3. The van der Waals surface area contributed by atoms with E-state index >= 15 is 0 Å². The minimum Gasteiger partial charge on any atom is -0.496 e. The van der Waals surface area contributed by atoms with Gasteiger partial charge in [-0.1, -0.05) is 36.4 Å². The molecule has 7 nitrogen and oxygen atoms in total. The van der Waals surface area contributed by atoms with Crippen LogP contribution in [-0.2, 0) is 17.9 Å². The van der Waals surface area contributed by atoms with Crippen LogP contribution in [-0.4, -0.2) is 48.3 Å². The van der Waals surface area contributed by atoms with E-state index in [1.165, 1.54) is 0 Å². The van der Waals surface area contributed by atoms with Crippen molar-refractivity contribution < 1.29 is 19.1 Å². The maximum Gasteiger partial charge on any atom is 0.324 e.